The molecule has 4 heteroatoms. The molecule has 1 saturated carbocycles. The van der Waals surface area contributed by atoms with Crippen LogP contribution in [0, 0.1) is 0 Å². The zero-order chi connectivity index (χ0) is 14.2. The number of aliphatic hydroxyl groups is 1. The van der Waals surface area contributed by atoms with E-state index in [9.17, 15) is 10.2 Å². The van der Waals surface area contributed by atoms with Gasteiger partial charge in [-0.2, -0.15) is 0 Å². The van der Waals surface area contributed by atoms with Crippen LogP contribution in [0.2, 0.25) is 0 Å². The molecule has 2 aliphatic rings. The summed E-state index contributed by atoms with van der Waals surface area (Å²) in [6.07, 6.45) is 5.70. The molecule has 3 nitrogen and oxygen atoms in total. The molecule has 0 radical (unpaired) electrons. The van der Waals surface area contributed by atoms with Gasteiger partial charge in [-0.25, -0.2) is 0 Å². The van der Waals surface area contributed by atoms with Gasteiger partial charge in [0.25, 0.3) is 0 Å². The van der Waals surface area contributed by atoms with Gasteiger partial charge in [0.15, 0.2) is 0 Å². The van der Waals surface area contributed by atoms with Crippen molar-refractivity contribution in [2.75, 3.05) is 13.1 Å². The van der Waals surface area contributed by atoms with E-state index < -0.39 is 0 Å². The molecule has 0 unspecified atom stereocenters. The van der Waals surface area contributed by atoms with E-state index in [0.29, 0.717) is 5.75 Å². The van der Waals surface area contributed by atoms with Gasteiger partial charge in [0.1, 0.15) is 5.75 Å². The number of fused-ring (bicyclic) bond motifs is 2. The molecule has 1 aromatic rings. The smallest absolute Gasteiger partial charge is 0.115 e. The zero-order valence-electron chi connectivity index (χ0n) is 12.2. The molecule has 116 valence electrons. The lowest BCUT2D eigenvalue weighted by molar-refractivity contribution is -0.0726. The second-order valence-corrected chi connectivity index (χ2v) is 6.14. The number of hydrogen-bond acceptors (Lipinski definition) is 3. The Bertz CT molecular complexity index is 507. The maximum absolute atomic E-state index is 10.9. The van der Waals surface area contributed by atoms with Crippen molar-refractivity contribution >= 4 is 12.4 Å². The molecule has 1 aliphatic heterocycles. The molecule has 3 rings (SSSR count). The number of benzene rings is 1. The number of hydrogen-bond donors (Lipinski definition) is 2. The van der Waals surface area contributed by atoms with E-state index in [1.807, 2.05) is 18.2 Å². The van der Waals surface area contributed by atoms with Crippen LogP contribution in [0.4, 0.5) is 0 Å². The van der Waals surface area contributed by atoms with Crippen LogP contribution in [0.5, 0.6) is 5.75 Å². The van der Waals surface area contributed by atoms with Crippen molar-refractivity contribution in [1.82, 2.24) is 4.90 Å². The molecule has 1 aromatic carbocycles. The Balaban J connectivity index is 0.00000161. The van der Waals surface area contributed by atoms with Gasteiger partial charge in [-0.05, 0) is 43.5 Å². The fraction of sp³-hybridized carbons (Fsp3) is 0.529. The van der Waals surface area contributed by atoms with E-state index in [0.717, 1.165) is 44.3 Å². The lowest BCUT2D eigenvalue weighted by Gasteiger charge is -2.54. The number of piperidine rings is 1. The highest BCUT2D eigenvalue weighted by atomic mass is 35.5. The third-order valence-electron chi connectivity index (χ3n) is 5.15. The third kappa shape index (κ3) is 2.70. The summed E-state index contributed by atoms with van der Waals surface area (Å²) < 4.78 is 0. The number of aliphatic hydroxyl groups excluding tert-OH is 1. The summed E-state index contributed by atoms with van der Waals surface area (Å²) in [7, 11) is 0. The van der Waals surface area contributed by atoms with Gasteiger partial charge in [-0.3, -0.25) is 4.90 Å². The van der Waals surface area contributed by atoms with Crippen LogP contribution in [-0.4, -0.2) is 40.3 Å². The Morgan fingerprint density at radius 2 is 2.19 bits per heavy atom. The van der Waals surface area contributed by atoms with E-state index in [4.69, 9.17) is 0 Å². The van der Waals surface area contributed by atoms with Crippen molar-refractivity contribution in [3.63, 3.8) is 0 Å². The van der Waals surface area contributed by atoms with Crippen molar-refractivity contribution in [2.45, 2.75) is 43.2 Å². The first-order chi connectivity index (χ1) is 9.67. The van der Waals surface area contributed by atoms with E-state index in [2.05, 4.69) is 17.5 Å². The molecule has 0 aromatic heterocycles. The van der Waals surface area contributed by atoms with Crippen LogP contribution in [0.3, 0.4) is 0 Å². The molecule has 2 N–H and O–H groups in total. The van der Waals surface area contributed by atoms with Crippen molar-refractivity contribution in [3.05, 3.63) is 42.5 Å². The van der Waals surface area contributed by atoms with Gasteiger partial charge in [-0.1, -0.05) is 24.6 Å². The normalized spacial score (nSPS) is 32.2. The first-order valence-electron chi connectivity index (χ1n) is 7.50. The van der Waals surface area contributed by atoms with Crippen molar-refractivity contribution in [2.24, 2.45) is 0 Å². The van der Waals surface area contributed by atoms with Crippen LogP contribution < -0.4 is 0 Å². The topological polar surface area (TPSA) is 43.7 Å². The number of phenolic OH excluding ortho intramolecular Hbond substituents is 1. The maximum Gasteiger partial charge on any atom is 0.115 e. The van der Waals surface area contributed by atoms with Gasteiger partial charge in [0.2, 0.25) is 0 Å². The lowest BCUT2D eigenvalue weighted by atomic mass is 9.61. The largest absolute Gasteiger partial charge is 0.508 e. The summed E-state index contributed by atoms with van der Waals surface area (Å²) >= 11 is 0. The molecule has 21 heavy (non-hydrogen) atoms. The Kier molecular flexibility index (Phi) is 4.97. The van der Waals surface area contributed by atoms with Gasteiger partial charge in [-0.15, -0.1) is 19.0 Å². The van der Waals surface area contributed by atoms with Gasteiger partial charge in [0, 0.05) is 18.0 Å². The number of phenols is 1. The van der Waals surface area contributed by atoms with Crippen LogP contribution in [0.25, 0.3) is 0 Å². The van der Waals surface area contributed by atoms with E-state index in [1.165, 1.54) is 0 Å². The molecule has 0 amide bonds. The molecular weight excluding hydrogens is 286 g/mol. The zero-order valence-corrected chi connectivity index (χ0v) is 13.1. The molecule has 1 aliphatic carbocycles. The summed E-state index contributed by atoms with van der Waals surface area (Å²) in [5.74, 6) is 0.291. The molecule has 1 heterocycles. The first kappa shape index (κ1) is 16.3. The number of halogens is 1. The number of rotatable bonds is 3. The molecule has 1 saturated heterocycles. The Morgan fingerprint density at radius 1 is 1.38 bits per heavy atom. The lowest BCUT2D eigenvalue weighted by Crippen LogP contribution is -2.61. The second-order valence-electron chi connectivity index (χ2n) is 6.14. The number of aromatic hydroxyl groups is 1. The van der Waals surface area contributed by atoms with Crippen molar-refractivity contribution < 1.29 is 10.2 Å². The molecule has 0 spiro atoms. The van der Waals surface area contributed by atoms with Crippen molar-refractivity contribution in [3.8, 4) is 5.75 Å². The summed E-state index contributed by atoms with van der Waals surface area (Å²) in [5, 5.41) is 20.7. The standard InChI is InChI=1S/C17H23NO2.ClH/c1-2-10-18-11-9-17(8-4-7-15(18)16(17)20)13-5-3-6-14(19)12-13;/h2-3,5-6,12,15-16,19-20H,1,4,7-11H2;1H/t15-,16-,17-;/m1./s1. The third-order valence-corrected chi connectivity index (χ3v) is 5.15. The fourth-order valence-corrected chi connectivity index (χ4v) is 4.13. The molecule has 2 fully saturated rings. The minimum atomic E-state index is -0.355. The van der Waals surface area contributed by atoms with Crippen LogP contribution in [0.1, 0.15) is 31.2 Å². The maximum atomic E-state index is 10.9. The van der Waals surface area contributed by atoms with Gasteiger partial charge >= 0.3 is 0 Å². The molecule has 2 bridgehead atoms. The average molecular weight is 310 g/mol. The highest BCUT2D eigenvalue weighted by Gasteiger charge is 2.50. The Morgan fingerprint density at radius 3 is 2.90 bits per heavy atom. The number of likely N-dealkylation sites (tertiary alicyclic amines) is 1. The van der Waals surface area contributed by atoms with E-state index in [-0.39, 0.29) is 30.0 Å². The first-order valence-corrected chi connectivity index (χ1v) is 7.50. The van der Waals surface area contributed by atoms with Gasteiger partial charge < -0.3 is 10.2 Å². The molecular formula is C17H24ClNO2. The SMILES string of the molecule is C=CCN1CC[C@@]2(c3cccc(O)c3)CCC[C@@H]1[C@H]2O.Cl. The highest BCUT2D eigenvalue weighted by Crippen LogP contribution is 2.47. The van der Waals surface area contributed by atoms with Crippen LogP contribution in [-0.2, 0) is 5.41 Å². The highest BCUT2D eigenvalue weighted by molar-refractivity contribution is 5.85. The Labute approximate surface area is 132 Å². The van der Waals surface area contributed by atoms with E-state index >= 15 is 0 Å². The summed E-state index contributed by atoms with van der Waals surface area (Å²) in [4.78, 5) is 2.35. The minimum absolute atomic E-state index is 0. The second kappa shape index (κ2) is 6.39. The fourth-order valence-electron chi connectivity index (χ4n) is 4.13. The van der Waals surface area contributed by atoms with E-state index in [1.54, 1.807) is 6.07 Å². The Hall–Kier alpha value is -1.03. The van der Waals surface area contributed by atoms with Gasteiger partial charge in [0.05, 0.1) is 6.10 Å². The molecule has 3 atom stereocenters. The quantitative estimate of drug-likeness (QED) is 0.844. The monoisotopic (exact) mass is 309 g/mol. The minimum Gasteiger partial charge on any atom is -0.508 e. The predicted molar refractivity (Wildman–Crippen MR) is 87.1 cm³/mol. The summed E-state index contributed by atoms with van der Waals surface area (Å²) in [6.45, 7) is 5.65. The van der Waals surface area contributed by atoms with Crippen LogP contribution in [0.15, 0.2) is 36.9 Å². The summed E-state index contributed by atoms with van der Waals surface area (Å²) in [5.41, 5.74) is 0.909. The summed E-state index contributed by atoms with van der Waals surface area (Å²) in [6, 6.07) is 7.67. The van der Waals surface area contributed by atoms with Crippen LogP contribution >= 0.6 is 12.4 Å². The number of nitrogens with zero attached hydrogens (tertiary/aromatic N) is 1. The van der Waals surface area contributed by atoms with Crippen molar-refractivity contribution in [1.29, 1.82) is 0 Å². The average Bonchev–Trinajstić information content (AvgIpc) is 2.43. The predicted octanol–water partition coefficient (Wildman–Crippen LogP) is 2.86.